The van der Waals surface area contributed by atoms with Gasteiger partial charge in [0.2, 0.25) is 17.7 Å². The Morgan fingerprint density at radius 1 is 1.21 bits per heavy atom. The van der Waals surface area contributed by atoms with Gasteiger partial charge in [-0.05, 0) is 62.0 Å². The minimum absolute atomic E-state index is 0.0275. The van der Waals surface area contributed by atoms with Crippen LogP contribution in [0.15, 0.2) is 33.7 Å². The molecule has 1 aromatic carbocycles. The molecule has 5 aliphatic rings. The molecule has 5 fully saturated rings. The van der Waals surface area contributed by atoms with E-state index >= 15 is 0 Å². The Hall–Kier alpha value is -1.86. The molecule has 0 spiro atoms. The van der Waals surface area contributed by atoms with Crippen LogP contribution in [0.1, 0.15) is 38.0 Å². The van der Waals surface area contributed by atoms with Crippen LogP contribution in [-0.2, 0) is 11.2 Å². The van der Waals surface area contributed by atoms with E-state index in [9.17, 15) is 4.79 Å². The Kier molecular flexibility index (Phi) is 4.07. The average Bonchev–Trinajstić information content (AvgIpc) is 3.39. The first-order valence-corrected chi connectivity index (χ1v) is 11.5. The van der Waals surface area contributed by atoms with Crippen molar-refractivity contribution in [2.45, 2.75) is 49.3 Å². The molecule has 8 heteroatoms. The number of hydrogen-bond donors (Lipinski definition) is 1. The van der Waals surface area contributed by atoms with Crippen molar-refractivity contribution in [3.8, 4) is 11.5 Å². The van der Waals surface area contributed by atoms with Crippen molar-refractivity contribution in [2.24, 2.45) is 22.7 Å². The second kappa shape index (κ2) is 6.57. The Morgan fingerprint density at radius 3 is 2.79 bits per heavy atom. The highest BCUT2D eigenvalue weighted by molar-refractivity contribution is 8.15. The van der Waals surface area contributed by atoms with Crippen LogP contribution in [0.5, 0.6) is 0 Å². The lowest BCUT2D eigenvalue weighted by atomic mass is 9.81. The summed E-state index contributed by atoms with van der Waals surface area (Å²) in [7, 11) is 0. The molecule has 6 nitrogen and oxygen atoms in total. The molecule has 1 aliphatic heterocycles. The number of amidine groups is 1. The number of nitrogens with zero attached hydrogens (tertiary/aromatic N) is 3. The molecule has 1 saturated heterocycles. The summed E-state index contributed by atoms with van der Waals surface area (Å²) in [6.45, 7) is 0. The van der Waals surface area contributed by atoms with Crippen molar-refractivity contribution >= 4 is 34.4 Å². The lowest BCUT2D eigenvalue weighted by Crippen LogP contribution is -2.32. The topological polar surface area (TPSA) is 80.4 Å². The fourth-order valence-corrected chi connectivity index (χ4v) is 7.24. The van der Waals surface area contributed by atoms with E-state index in [1.54, 1.807) is 6.07 Å². The van der Waals surface area contributed by atoms with E-state index in [0.29, 0.717) is 34.7 Å². The standard InChI is InChI=1S/C21H21ClN4O2S/c22-15-4-2-1-3-14(15)19-26-25-17(28-19)8-16-18(27)23-20(29-16)24-21-9-11-5-12(10-21)7-13(21)6-11/h1-4,11-13,16H,5-10H2,(H,23,24,27). The molecule has 7 rings (SSSR count). The first kappa shape index (κ1) is 18.0. The van der Waals surface area contributed by atoms with E-state index in [1.165, 1.54) is 43.9 Å². The Balaban J connectivity index is 1.18. The lowest BCUT2D eigenvalue weighted by molar-refractivity contribution is -0.118. The number of benzene rings is 1. The summed E-state index contributed by atoms with van der Waals surface area (Å²) in [6, 6.07) is 7.35. The summed E-state index contributed by atoms with van der Waals surface area (Å²) >= 11 is 7.71. The van der Waals surface area contributed by atoms with Crippen molar-refractivity contribution in [1.82, 2.24) is 15.5 Å². The molecule has 3 atom stereocenters. The number of aliphatic imine (C=N–C) groups is 1. The number of hydrogen-bond acceptors (Lipinski definition) is 6. The highest BCUT2D eigenvalue weighted by atomic mass is 35.5. The normalized spacial score (nSPS) is 36.3. The van der Waals surface area contributed by atoms with Gasteiger partial charge in [-0.2, -0.15) is 0 Å². The molecular weight excluding hydrogens is 408 g/mol. The minimum Gasteiger partial charge on any atom is -0.421 e. The van der Waals surface area contributed by atoms with Crippen molar-refractivity contribution in [3.63, 3.8) is 0 Å². The van der Waals surface area contributed by atoms with Gasteiger partial charge in [-0.1, -0.05) is 35.5 Å². The van der Waals surface area contributed by atoms with E-state index in [4.69, 9.17) is 21.0 Å². The van der Waals surface area contributed by atoms with E-state index in [1.807, 2.05) is 18.2 Å². The van der Waals surface area contributed by atoms with Gasteiger partial charge in [0.25, 0.3) is 0 Å². The zero-order valence-electron chi connectivity index (χ0n) is 15.8. The number of aromatic nitrogens is 2. The SMILES string of the molecule is O=C1NC(=NC23CC4CC(CC2C4)C3)SC1Cc1nnc(-c2ccccc2Cl)o1. The van der Waals surface area contributed by atoms with Crippen molar-refractivity contribution in [1.29, 1.82) is 0 Å². The van der Waals surface area contributed by atoms with Crippen LogP contribution in [0.25, 0.3) is 11.5 Å². The molecule has 2 aromatic rings. The first-order chi connectivity index (χ1) is 14.1. The average molecular weight is 429 g/mol. The molecule has 1 amide bonds. The zero-order chi connectivity index (χ0) is 19.6. The largest absolute Gasteiger partial charge is 0.421 e. The van der Waals surface area contributed by atoms with Crippen LogP contribution >= 0.6 is 23.4 Å². The van der Waals surface area contributed by atoms with Crippen LogP contribution in [0, 0.1) is 17.8 Å². The van der Waals surface area contributed by atoms with Crippen molar-refractivity contribution < 1.29 is 9.21 Å². The number of amides is 1. The van der Waals surface area contributed by atoms with Gasteiger partial charge < -0.3 is 9.73 Å². The fourth-order valence-electron chi connectivity index (χ4n) is 5.97. The van der Waals surface area contributed by atoms with E-state index in [2.05, 4.69) is 15.5 Å². The number of halogens is 1. The molecular formula is C21H21ClN4O2S. The molecule has 4 saturated carbocycles. The number of thioether (sulfide) groups is 1. The molecule has 0 radical (unpaired) electrons. The van der Waals surface area contributed by atoms with E-state index < -0.39 is 0 Å². The Morgan fingerprint density at radius 2 is 2.00 bits per heavy atom. The van der Waals surface area contributed by atoms with Gasteiger partial charge in [0.15, 0.2) is 5.17 Å². The smallest absolute Gasteiger partial charge is 0.249 e. The van der Waals surface area contributed by atoms with E-state index in [0.717, 1.165) is 17.0 Å². The predicted octanol–water partition coefficient (Wildman–Crippen LogP) is 4.10. The minimum atomic E-state index is -0.291. The predicted molar refractivity (Wildman–Crippen MR) is 112 cm³/mol. The van der Waals surface area contributed by atoms with Crippen molar-refractivity contribution in [2.75, 3.05) is 0 Å². The second-order valence-electron chi connectivity index (χ2n) is 8.85. The van der Waals surface area contributed by atoms with Gasteiger partial charge in [0.05, 0.1) is 16.1 Å². The number of nitrogens with one attached hydrogen (secondary N) is 1. The van der Waals surface area contributed by atoms with Crippen LogP contribution in [0.4, 0.5) is 0 Å². The molecule has 2 heterocycles. The molecule has 1 aromatic heterocycles. The van der Waals surface area contributed by atoms with Gasteiger partial charge in [0.1, 0.15) is 5.25 Å². The number of rotatable bonds is 4. The van der Waals surface area contributed by atoms with Gasteiger partial charge in [-0.15, -0.1) is 10.2 Å². The number of carbonyl (C=O) groups is 1. The Bertz CT molecular complexity index is 1010. The fraction of sp³-hybridized carbons (Fsp3) is 0.524. The first-order valence-electron chi connectivity index (χ1n) is 10.2. The summed E-state index contributed by atoms with van der Waals surface area (Å²) in [5.74, 6) is 3.19. The second-order valence-corrected chi connectivity index (χ2v) is 10.4. The summed E-state index contributed by atoms with van der Waals surface area (Å²) in [5.41, 5.74) is 0.782. The van der Waals surface area contributed by atoms with Crippen LogP contribution in [-0.4, -0.2) is 32.1 Å². The Labute approximate surface area is 177 Å². The molecule has 1 N–H and O–H groups in total. The maximum Gasteiger partial charge on any atom is 0.249 e. The van der Waals surface area contributed by atoms with Gasteiger partial charge in [-0.3, -0.25) is 9.79 Å². The highest BCUT2D eigenvalue weighted by Crippen LogP contribution is 2.62. The van der Waals surface area contributed by atoms with Crippen LogP contribution < -0.4 is 5.32 Å². The van der Waals surface area contributed by atoms with Gasteiger partial charge >= 0.3 is 0 Å². The van der Waals surface area contributed by atoms with Crippen molar-refractivity contribution in [3.05, 3.63) is 35.2 Å². The maximum atomic E-state index is 12.5. The van der Waals surface area contributed by atoms with Gasteiger partial charge in [-0.25, -0.2) is 0 Å². The van der Waals surface area contributed by atoms with Gasteiger partial charge in [0, 0.05) is 6.42 Å². The third-order valence-corrected chi connectivity index (χ3v) is 8.39. The summed E-state index contributed by atoms with van der Waals surface area (Å²) in [4.78, 5) is 17.7. The molecule has 150 valence electrons. The molecule has 29 heavy (non-hydrogen) atoms. The summed E-state index contributed by atoms with van der Waals surface area (Å²) < 4.78 is 5.78. The number of carbonyl (C=O) groups excluding carboxylic acids is 1. The highest BCUT2D eigenvalue weighted by Gasteiger charge is 2.58. The zero-order valence-corrected chi connectivity index (χ0v) is 17.4. The lowest BCUT2D eigenvalue weighted by Gasteiger charge is -2.29. The van der Waals surface area contributed by atoms with E-state index in [-0.39, 0.29) is 16.7 Å². The third kappa shape index (κ3) is 3.01. The van der Waals surface area contributed by atoms with Crippen LogP contribution in [0.3, 0.4) is 0 Å². The summed E-state index contributed by atoms with van der Waals surface area (Å²) in [5, 5.41) is 12.3. The quantitative estimate of drug-likeness (QED) is 0.792. The molecule has 4 aliphatic carbocycles. The third-order valence-electron chi connectivity index (χ3n) is 6.98. The van der Waals surface area contributed by atoms with Crippen LogP contribution in [0.2, 0.25) is 5.02 Å². The maximum absolute atomic E-state index is 12.5. The molecule has 3 unspecified atom stereocenters. The molecule has 4 bridgehead atoms. The summed E-state index contributed by atoms with van der Waals surface area (Å²) in [6.07, 6.45) is 6.81. The monoisotopic (exact) mass is 428 g/mol.